The lowest BCUT2D eigenvalue weighted by atomic mass is 10.3. The van der Waals surface area contributed by atoms with Gasteiger partial charge in [0.1, 0.15) is 0 Å². The van der Waals surface area contributed by atoms with Crippen molar-refractivity contribution in [3.8, 4) is 0 Å². The van der Waals surface area contributed by atoms with E-state index in [1.807, 2.05) is 4.72 Å². The third-order valence-electron chi connectivity index (χ3n) is 1.28. The van der Waals surface area contributed by atoms with Crippen LogP contribution in [0.1, 0.15) is 6.92 Å². The first kappa shape index (κ1) is 14.8. The van der Waals surface area contributed by atoms with Gasteiger partial charge in [0, 0.05) is 29.4 Å². The van der Waals surface area contributed by atoms with Gasteiger partial charge in [-0.1, -0.05) is 25.1 Å². The zero-order chi connectivity index (χ0) is 12.6. The summed E-state index contributed by atoms with van der Waals surface area (Å²) in [6, 6.07) is 7.93. The number of nitrogens with one attached hydrogen (secondary N) is 1. The molecule has 6 nitrogen and oxygen atoms in total. The summed E-state index contributed by atoms with van der Waals surface area (Å²) in [5, 5.41) is 10.0. The van der Waals surface area contributed by atoms with Crippen LogP contribution in [0.2, 0.25) is 0 Å². The molecule has 8 heteroatoms. The fourth-order valence-corrected chi connectivity index (χ4v) is 1.39. The Kier molecular flexibility index (Phi) is 6.63. The number of rotatable bonds is 3. The van der Waals surface area contributed by atoms with Gasteiger partial charge in [-0.05, 0) is 0 Å². The molecular weight excluding hydrogens is 256 g/mol. The highest BCUT2D eigenvalue weighted by Crippen LogP contribution is 2.06. The molecule has 0 aliphatic rings. The van der Waals surface area contributed by atoms with Gasteiger partial charge in [0.15, 0.2) is 0 Å². The van der Waals surface area contributed by atoms with Crippen molar-refractivity contribution >= 4 is 25.6 Å². The summed E-state index contributed by atoms with van der Waals surface area (Å²) in [6.45, 7) is 1.99. The highest BCUT2D eigenvalue weighted by molar-refractivity contribution is 8.12. The van der Waals surface area contributed by atoms with Crippen molar-refractivity contribution in [3.05, 3.63) is 40.4 Å². The van der Waals surface area contributed by atoms with Crippen LogP contribution in [0.15, 0.2) is 30.3 Å². The highest BCUT2D eigenvalue weighted by Gasteiger charge is 1.98. The molecular formula is C8H11ClN2O4S. The normalized spacial score (nSPS) is 10.1. The summed E-state index contributed by atoms with van der Waals surface area (Å²) in [6.07, 6.45) is 0. The molecule has 0 aliphatic heterocycles. The van der Waals surface area contributed by atoms with E-state index < -0.39 is 14.2 Å². The lowest BCUT2D eigenvalue weighted by molar-refractivity contribution is -0.384. The SMILES string of the molecule is CCNS(=O)(=O)Cl.O=[N+]([O-])c1ccccc1. The van der Waals surface area contributed by atoms with Crippen LogP contribution in [0.5, 0.6) is 0 Å². The van der Waals surface area contributed by atoms with E-state index in [4.69, 9.17) is 10.7 Å². The molecule has 1 aromatic carbocycles. The molecule has 0 aliphatic carbocycles. The molecule has 1 N–H and O–H groups in total. The third kappa shape index (κ3) is 8.16. The Morgan fingerprint density at radius 2 is 1.88 bits per heavy atom. The molecule has 0 unspecified atom stereocenters. The minimum absolute atomic E-state index is 0.137. The highest BCUT2D eigenvalue weighted by atomic mass is 35.7. The fourth-order valence-electron chi connectivity index (χ4n) is 0.722. The molecule has 0 saturated carbocycles. The average Bonchev–Trinajstić information content (AvgIpc) is 2.18. The summed E-state index contributed by atoms with van der Waals surface area (Å²) in [7, 11) is 1.24. The van der Waals surface area contributed by atoms with Gasteiger partial charge < -0.3 is 0 Å². The number of para-hydroxylation sites is 1. The maximum absolute atomic E-state index is 10.0. The van der Waals surface area contributed by atoms with Gasteiger partial charge in [-0.15, -0.1) is 0 Å². The number of hydrogen-bond acceptors (Lipinski definition) is 4. The molecule has 0 atom stereocenters. The van der Waals surface area contributed by atoms with E-state index in [0.29, 0.717) is 6.54 Å². The summed E-state index contributed by atoms with van der Waals surface area (Å²) in [4.78, 5) is 9.59. The summed E-state index contributed by atoms with van der Waals surface area (Å²) >= 11 is 0. The van der Waals surface area contributed by atoms with Crippen molar-refractivity contribution in [2.45, 2.75) is 6.92 Å². The predicted octanol–water partition coefficient (Wildman–Crippen LogP) is 1.67. The van der Waals surface area contributed by atoms with E-state index in [9.17, 15) is 18.5 Å². The van der Waals surface area contributed by atoms with Gasteiger partial charge in [0.25, 0.3) is 14.9 Å². The standard InChI is InChI=1S/C6H5NO2.C2H6ClNO2S/c8-7(9)6-4-2-1-3-5-6;1-2-4-7(3,5)6/h1-5H;4H,2H2,1H3. The van der Waals surface area contributed by atoms with Crippen LogP contribution < -0.4 is 4.72 Å². The fraction of sp³-hybridized carbons (Fsp3) is 0.250. The Labute approximate surface area is 97.9 Å². The number of hydrogen-bond donors (Lipinski definition) is 1. The summed E-state index contributed by atoms with van der Waals surface area (Å²) < 4.78 is 21.8. The molecule has 0 saturated heterocycles. The maximum Gasteiger partial charge on any atom is 0.297 e. The number of halogens is 1. The zero-order valence-corrected chi connectivity index (χ0v) is 10.0. The first-order valence-corrected chi connectivity index (χ1v) is 6.56. The van der Waals surface area contributed by atoms with Crippen LogP contribution in [0.25, 0.3) is 0 Å². The number of nitro groups is 1. The first-order valence-electron chi connectivity index (χ1n) is 4.25. The quantitative estimate of drug-likeness (QED) is 0.512. The zero-order valence-electron chi connectivity index (χ0n) is 8.46. The van der Waals surface area contributed by atoms with Crippen molar-refractivity contribution in [2.24, 2.45) is 0 Å². The maximum atomic E-state index is 10.0. The molecule has 16 heavy (non-hydrogen) atoms. The molecule has 0 aromatic heterocycles. The van der Waals surface area contributed by atoms with Crippen LogP contribution >= 0.6 is 10.7 Å². The second kappa shape index (κ2) is 7.15. The van der Waals surface area contributed by atoms with Gasteiger partial charge in [-0.3, -0.25) is 10.1 Å². The van der Waals surface area contributed by atoms with Gasteiger partial charge >= 0.3 is 0 Å². The molecule has 90 valence electrons. The molecule has 0 amide bonds. The average molecular weight is 267 g/mol. The van der Waals surface area contributed by atoms with Crippen molar-refractivity contribution < 1.29 is 13.3 Å². The Bertz CT molecular complexity index is 421. The molecule has 1 aromatic rings. The van der Waals surface area contributed by atoms with Crippen LogP contribution in [0.3, 0.4) is 0 Å². The number of non-ortho nitro benzene ring substituents is 1. The van der Waals surface area contributed by atoms with Crippen LogP contribution in [0, 0.1) is 10.1 Å². The first-order chi connectivity index (χ1) is 7.37. The minimum atomic E-state index is -3.45. The monoisotopic (exact) mass is 266 g/mol. The second-order valence-corrected chi connectivity index (χ2v) is 4.91. The van der Waals surface area contributed by atoms with Crippen molar-refractivity contribution in [1.29, 1.82) is 0 Å². The molecule has 0 spiro atoms. The lowest BCUT2D eigenvalue weighted by Crippen LogP contribution is -2.16. The van der Waals surface area contributed by atoms with Crippen LogP contribution in [-0.2, 0) is 9.24 Å². The predicted molar refractivity (Wildman–Crippen MR) is 61.5 cm³/mol. The van der Waals surface area contributed by atoms with E-state index in [1.54, 1.807) is 25.1 Å². The Hall–Kier alpha value is -1.18. The van der Waals surface area contributed by atoms with Gasteiger partial charge in [-0.2, -0.15) is 8.42 Å². The largest absolute Gasteiger partial charge is 0.297 e. The van der Waals surface area contributed by atoms with E-state index in [1.165, 1.54) is 12.1 Å². The number of nitrogens with zero attached hydrogens (tertiary/aromatic N) is 1. The van der Waals surface area contributed by atoms with E-state index >= 15 is 0 Å². The van der Waals surface area contributed by atoms with Crippen LogP contribution in [0.4, 0.5) is 5.69 Å². The van der Waals surface area contributed by atoms with Gasteiger partial charge in [0.2, 0.25) is 0 Å². The smallest absolute Gasteiger partial charge is 0.258 e. The van der Waals surface area contributed by atoms with Gasteiger partial charge in [-0.25, -0.2) is 4.72 Å². The number of benzene rings is 1. The van der Waals surface area contributed by atoms with E-state index in [2.05, 4.69) is 0 Å². The van der Waals surface area contributed by atoms with E-state index in [0.717, 1.165) is 0 Å². The lowest BCUT2D eigenvalue weighted by Gasteiger charge is -1.88. The topological polar surface area (TPSA) is 89.3 Å². The minimum Gasteiger partial charge on any atom is -0.258 e. The summed E-state index contributed by atoms with van der Waals surface area (Å²) in [5.74, 6) is 0. The summed E-state index contributed by atoms with van der Waals surface area (Å²) in [5.41, 5.74) is 0.137. The van der Waals surface area contributed by atoms with E-state index in [-0.39, 0.29) is 5.69 Å². The third-order valence-corrected chi connectivity index (χ3v) is 2.24. The molecule has 0 fully saturated rings. The Balaban J connectivity index is 0.000000293. The van der Waals surface area contributed by atoms with Gasteiger partial charge in [0.05, 0.1) is 4.92 Å². The van der Waals surface area contributed by atoms with Crippen molar-refractivity contribution in [3.63, 3.8) is 0 Å². The van der Waals surface area contributed by atoms with Crippen LogP contribution in [-0.4, -0.2) is 19.9 Å². The molecule has 1 rings (SSSR count). The Morgan fingerprint density at radius 3 is 2.06 bits per heavy atom. The molecule has 0 heterocycles. The Morgan fingerprint density at radius 1 is 1.38 bits per heavy atom. The van der Waals surface area contributed by atoms with Crippen molar-refractivity contribution in [1.82, 2.24) is 4.72 Å². The molecule has 0 radical (unpaired) electrons. The molecule has 0 bridgehead atoms. The second-order valence-electron chi connectivity index (χ2n) is 2.53. The van der Waals surface area contributed by atoms with Crippen molar-refractivity contribution in [2.75, 3.05) is 6.54 Å². The number of nitro benzene ring substituents is 1.